The van der Waals surface area contributed by atoms with Crippen molar-refractivity contribution in [3.63, 3.8) is 0 Å². The fourth-order valence-corrected chi connectivity index (χ4v) is 2.96. The Morgan fingerprint density at radius 3 is 2.53 bits per heavy atom. The van der Waals surface area contributed by atoms with Gasteiger partial charge in [0, 0.05) is 23.4 Å². The van der Waals surface area contributed by atoms with Crippen LogP contribution in [0.15, 0.2) is 77.2 Å². The Morgan fingerprint density at radius 1 is 0.967 bits per heavy atom. The summed E-state index contributed by atoms with van der Waals surface area (Å²) in [6.45, 7) is 0. The smallest absolute Gasteiger partial charge is 0.248 e. The summed E-state index contributed by atoms with van der Waals surface area (Å²) in [4.78, 5) is 16.8. The van der Waals surface area contributed by atoms with Crippen LogP contribution in [0.4, 0.5) is 5.69 Å². The lowest BCUT2D eigenvalue weighted by Crippen LogP contribution is -2.07. The molecule has 150 valence electrons. The standard InChI is InChI=1S/C24H20N2O4/c1-28-19-10-7-17(8-11-19)24-26-21-12-9-18(15-22(21)30-24)25-23(27)13-6-16-4-3-5-20(14-16)29-2/h3-15H,1-2H3,(H,25,27)/b13-6+. The van der Waals surface area contributed by atoms with Crippen molar-refractivity contribution in [2.75, 3.05) is 19.5 Å². The van der Waals surface area contributed by atoms with Crippen molar-refractivity contribution >= 4 is 28.8 Å². The number of benzene rings is 3. The maximum absolute atomic E-state index is 12.3. The van der Waals surface area contributed by atoms with Crippen molar-refractivity contribution < 1.29 is 18.7 Å². The van der Waals surface area contributed by atoms with Crippen LogP contribution in [0, 0.1) is 0 Å². The molecule has 1 N–H and O–H groups in total. The van der Waals surface area contributed by atoms with Crippen LogP contribution in [-0.4, -0.2) is 25.1 Å². The Hall–Kier alpha value is -4.06. The number of aromatic nitrogens is 1. The van der Waals surface area contributed by atoms with E-state index in [4.69, 9.17) is 13.9 Å². The van der Waals surface area contributed by atoms with Gasteiger partial charge in [-0.2, -0.15) is 0 Å². The minimum Gasteiger partial charge on any atom is -0.497 e. The predicted octanol–water partition coefficient (Wildman–Crippen LogP) is 5.16. The van der Waals surface area contributed by atoms with E-state index in [9.17, 15) is 4.79 Å². The molecule has 6 nitrogen and oxygen atoms in total. The highest BCUT2D eigenvalue weighted by molar-refractivity contribution is 6.02. The van der Waals surface area contributed by atoms with Gasteiger partial charge in [0.05, 0.1) is 14.2 Å². The Labute approximate surface area is 173 Å². The second kappa shape index (κ2) is 8.53. The quantitative estimate of drug-likeness (QED) is 0.452. The molecule has 4 rings (SSSR count). The monoisotopic (exact) mass is 400 g/mol. The Bertz CT molecular complexity index is 1210. The Balaban J connectivity index is 1.48. The van der Waals surface area contributed by atoms with Crippen LogP contribution in [0.3, 0.4) is 0 Å². The summed E-state index contributed by atoms with van der Waals surface area (Å²) >= 11 is 0. The van der Waals surface area contributed by atoms with Crippen LogP contribution in [0.25, 0.3) is 28.6 Å². The normalized spacial score (nSPS) is 11.0. The molecule has 0 atom stereocenters. The number of fused-ring (bicyclic) bond motifs is 1. The molecule has 0 aliphatic carbocycles. The van der Waals surface area contributed by atoms with E-state index in [1.165, 1.54) is 6.08 Å². The molecular weight excluding hydrogens is 380 g/mol. The molecular formula is C24H20N2O4. The molecule has 0 saturated heterocycles. The summed E-state index contributed by atoms with van der Waals surface area (Å²) in [5.74, 6) is 1.77. The van der Waals surface area contributed by atoms with Crippen molar-refractivity contribution in [2.24, 2.45) is 0 Å². The van der Waals surface area contributed by atoms with Crippen molar-refractivity contribution in [1.29, 1.82) is 0 Å². The van der Waals surface area contributed by atoms with Gasteiger partial charge in [-0.1, -0.05) is 12.1 Å². The zero-order valence-corrected chi connectivity index (χ0v) is 16.6. The highest BCUT2D eigenvalue weighted by atomic mass is 16.5. The summed E-state index contributed by atoms with van der Waals surface area (Å²) < 4.78 is 16.2. The largest absolute Gasteiger partial charge is 0.497 e. The minimum absolute atomic E-state index is 0.243. The number of carbonyl (C=O) groups is 1. The number of hydrogen-bond donors (Lipinski definition) is 1. The number of nitrogens with one attached hydrogen (secondary N) is 1. The van der Waals surface area contributed by atoms with Gasteiger partial charge in [0.1, 0.15) is 17.0 Å². The molecule has 1 aromatic heterocycles. The van der Waals surface area contributed by atoms with E-state index < -0.39 is 0 Å². The number of anilines is 1. The van der Waals surface area contributed by atoms with Gasteiger partial charge in [0.15, 0.2) is 5.58 Å². The molecule has 0 fully saturated rings. The van der Waals surface area contributed by atoms with Crippen LogP contribution >= 0.6 is 0 Å². The van der Waals surface area contributed by atoms with Crippen LogP contribution in [0.5, 0.6) is 11.5 Å². The third-order valence-electron chi connectivity index (χ3n) is 4.51. The maximum Gasteiger partial charge on any atom is 0.248 e. The highest BCUT2D eigenvalue weighted by Crippen LogP contribution is 2.27. The van der Waals surface area contributed by atoms with Crippen molar-refractivity contribution in [2.45, 2.75) is 0 Å². The average molecular weight is 400 g/mol. The molecule has 0 saturated carbocycles. The van der Waals surface area contributed by atoms with E-state index in [0.717, 1.165) is 22.6 Å². The zero-order chi connectivity index (χ0) is 20.9. The molecule has 0 aliphatic heterocycles. The summed E-state index contributed by atoms with van der Waals surface area (Å²) in [6.07, 6.45) is 3.20. The molecule has 0 aliphatic rings. The maximum atomic E-state index is 12.3. The van der Waals surface area contributed by atoms with Gasteiger partial charge in [-0.15, -0.1) is 0 Å². The van der Waals surface area contributed by atoms with E-state index in [1.807, 2.05) is 54.6 Å². The number of methoxy groups -OCH3 is 2. The van der Waals surface area contributed by atoms with Gasteiger partial charge < -0.3 is 19.2 Å². The summed E-state index contributed by atoms with van der Waals surface area (Å²) in [6, 6.07) is 20.3. The number of carbonyl (C=O) groups excluding carboxylic acids is 1. The lowest BCUT2D eigenvalue weighted by Gasteiger charge is -2.02. The van der Waals surface area contributed by atoms with Crippen LogP contribution in [0.1, 0.15) is 5.56 Å². The van der Waals surface area contributed by atoms with Gasteiger partial charge in [-0.05, 0) is 60.2 Å². The molecule has 6 heteroatoms. The third kappa shape index (κ3) is 4.33. The molecule has 1 heterocycles. The topological polar surface area (TPSA) is 73.6 Å². The number of ether oxygens (including phenoxy) is 2. The van der Waals surface area contributed by atoms with Crippen LogP contribution in [0.2, 0.25) is 0 Å². The second-order valence-corrected chi connectivity index (χ2v) is 6.53. The number of hydrogen-bond acceptors (Lipinski definition) is 5. The summed E-state index contributed by atoms with van der Waals surface area (Å²) in [5, 5.41) is 2.84. The molecule has 0 unspecified atom stereocenters. The van der Waals surface area contributed by atoms with Crippen LogP contribution < -0.4 is 14.8 Å². The molecule has 4 aromatic rings. The number of rotatable bonds is 6. The lowest BCUT2D eigenvalue weighted by atomic mass is 10.2. The van der Waals surface area contributed by atoms with E-state index in [1.54, 1.807) is 32.4 Å². The van der Waals surface area contributed by atoms with E-state index in [-0.39, 0.29) is 5.91 Å². The van der Waals surface area contributed by atoms with Crippen LogP contribution in [-0.2, 0) is 4.79 Å². The van der Waals surface area contributed by atoms with Gasteiger partial charge in [0.2, 0.25) is 11.8 Å². The average Bonchev–Trinajstić information content (AvgIpc) is 3.21. The van der Waals surface area contributed by atoms with Crippen molar-refractivity contribution in [1.82, 2.24) is 4.98 Å². The van der Waals surface area contributed by atoms with Gasteiger partial charge in [0.25, 0.3) is 0 Å². The van der Waals surface area contributed by atoms with E-state index >= 15 is 0 Å². The van der Waals surface area contributed by atoms with Gasteiger partial charge in [-0.3, -0.25) is 4.79 Å². The first-order valence-corrected chi connectivity index (χ1v) is 9.33. The fraction of sp³-hybridized carbons (Fsp3) is 0.0833. The molecule has 0 bridgehead atoms. The van der Waals surface area contributed by atoms with E-state index in [0.29, 0.717) is 22.7 Å². The predicted molar refractivity (Wildman–Crippen MR) is 117 cm³/mol. The third-order valence-corrected chi connectivity index (χ3v) is 4.51. The number of nitrogens with zero attached hydrogens (tertiary/aromatic N) is 1. The zero-order valence-electron chi connectivity index (χ0n) is 16.6. The molecule has 3 aromatic carbocycles. The minimum atomic E-state index is -0.243. The first-order valence-electron chi connectivity index (χ1n) is 9.33. The highest BCUT2D eigenvalue weighted by Gasteiger charge is 2.10. The molecule has 0 spiro atoms. The molecule has 30 heavy (non-hydrogen) atoms. The van der Waals surface area contributed by atoms with Gasteiger partial charge in [-0.25, -0.2) is 4.98 Å². The van der Waals surface area contributed by atoms with Crippen molar-refractivity contribution in [3.05, 3.63) is 78.4 Å². The second-order valence-electron chi connectivity index (χ2n) is 6.53. The SMILES string of the molecule is COc1ccc(-c2nc3ccc(NC(=O)/C=C/c4cccc(OC)c4)cc3o2)cc1. The number of oxazole rings is 1. The summed E-state index contributed by atoms with van der Waals surface area (Å²) in [5.41, 5.74) is 3.65. The van der Waals surface area contributed by atoms with E-state index in [2.05, 4.69) is 10.3 Å². The molecule has 1 amide bonds. The molecule has 0 radical (unpaired) electrons. The first-order chi connectivity index (χ1) is 14.6. The van der Waals surface area contributed by atoms with Crippen molar-refractivity contribution in [3.8, 4) is 23.0 Å². The number of amides is 1. The Kier molecular flexibility index (Phi) is 5.48. The summed E-state index contributed by atoms with van der Waals surface area (Å²) in [7, 11) is 3.23. The Morgan fingerprint density at radius 2 is 1.77 bits per heavy atom. The fourth-order valence-electron chi connectivity index (χ4n) is 2.96. The van der Waals surface area contributed by atoms with Gasteiger partial charge >= 0.3 is 0 Å². The lowest BCUT2D eigenvalue weighted by molar-refractivity contribution is -0.111. The first kappa shape index (κ1) is 19.3.